The van der Waals surface area contributed by atoms with E-state index in [-0.39, 0.29) is 0 Å². The third kappa shape index (κ3) is 13.5. The summed E-state index contributed by atoms with van der Waals surface area (Å²) in [5, 5.41) is 0. The second kappa shape index (κ2) is 27.0. The molecule has 0 saturated heterocycles. The molecule has 8 bridgehead atoms. The smallest absolute Gasteiger partial charge is 0.131 e. The number of aromatic amines is 2. The quantitative estimate of drug-likeness (QED) is 0.0411. The van der Waals surface area contributed by atoms with E-state index in [4.69, 9.17) is 28.9 Å². The summed E-state index contributed by atoms with van der Waals surface area (Å²) in [6, 6.07) is 26.7. The zero-order valence-corrected chi connectivity index (χ0v) is 43.1. The fourth-order valence-corrected chi connectivity index (χ4v) is 9.21. The zero-order chi connectivity index (χ0) is 49.7. The molecule has 4 aromatic heterocycles. The number of unbranched alkanes of at least 4 members (excludes halogenated alkanes) is 12. The highest BCUT2D eigenvalue weighted by atomic mass is 16.5. The maximum absolute atomic E-state index is 6.72. The van der Waals surface area contributed by atoms with Crippen LogP contribution in [0.4, 0.5) is 0 Å². The van der Waals surface area contributed by atoms with Crippen LogP contribution in [0.5, 0.6) is 23.0 Å². The van der Waals surface area contributed by atoms with Crippen molar-refractivity contribution < 1.29 is 18.9 Å². The summed E-state index contributed by atoms with van der Waals surface area (Å²) < 4.78 is 26.9. The van der Waals surface area contributed by atoms with Gasteiger partial charge in [0, 0.05) is 45.6 Å². The number of H-pyrrole nitrogens is 2. The van der Waals surface area contributed by atoms with Gasteiger partial charge in [-0.25, -0.2) is 9.97 Å². The van der Waals surface area contributed by atoms with Gasteiger partial charge in [-0.3, -0.25) is 4.98 Å². The Kier molecular flexibility index (Phi) is 19.2. The summed E-state index contributed by atoms with van der Waals surface area (Å²) in [5.41, 5.74) is 11.7. The Labute approximate surface area is 427 Å². The number of nitrogens with one attached hydrogen (secondary N) is 2. The second-order valence-electron chi connectivity index (χ2n) is 18.7. The average molecular weight is 964 g/mol. The molecule has 0 saturated carbocycles. The van der Waals surface area contributed by atoms with E-state index in [2.05, 4.69) is 133 Å². The van der Waals surface area contributed by atoms with Crippen LogP contribution < -0.4 is 18.9 Å². The van der Waals surface area contributed by atoms with Crippen LogP contribution in [0.15, 0.2) is 91.3 Å². The molecule has 6 aromatic rings. The predicted molar refractivity (Wildman–Crippen MR) is 298 cm³/mol. The minimum absolute atomic E-state index is 0.605. The van der Waals surface area contributed by atoms with Crippen molar-refractivity contribution >= 4 is 46.4 Å². The first-order valence-electron chi connectivity index (χ1n) is 26.9. The first-order valence-corrected chi connectivity index (χ1v) is 26.9. The number of rotatable bonds is 26. The Morgan fingerprint density at radius 2 is 0.875 bits per heavy atom. The highest BCUT2D eigenvalue weighted by Gasteiger charge is 2.23. The van der Waals surface area contributed by atoms with Crippen molar-refractivity contribution in [1.29, 1.82) is 0 Å². The molecule has 2 aliphatic heterocycles. The van der Waals surface area contributed by atoms with E-state index in [0.29, 0.717) is 26.4 Å². The number of benzene rings is 2. The van der Waals surface area contributed by atoms with Crippen LogP contribution in [0.25, 0.3) is 68.6 Å². The number of hydrogen-bond acceptors (Lipinski definition) is 7. The van der Waals surface area contributed by atoms with E-state index in [9.17, 15) is 0 Å². The molecule has 8 rings (SSSR count). The molecule has 72 heavy (non-hydrogen) atoms. The molecular weight excluding hydrogens is 891 g/mol. The van der Waals surface area contributed by atoms with Crippen LogP contribution >= 0.6 is 0 Å². The SMILES string of the molecule is CCCCCCOc1cccc(OCCCCCC)c1-c1c2nc(c(C#Cc3ccncc3)c3ccc([nH]3)c(-c3c(OCCCCCC)cccc3OCCCCCC)c3nc(cc4ccc1[nH]4)C=C3)C=C2. The first kappa shape index (κ1) is 51.3. The van der Waals surface area contributed by atoms with Crippen molar-refractivity contribution in [2.24, 2.45) is 0 Å². The van der Waals surface area contributed by atoms with E-state index >= 15 is 0 Å². The standard InChI is InChI=1S/C63H73N5O4/c1-5-9-13-17-41-69-56-23-21-24-57(70-42-18-14-10-6-2)62(56)60-52-31-28-47(65-52)45-48-29-32-53(66-48)61(63-58(71-43-19-15-11-7-3)25-22-26-59(63)72-44-20-16-12-8-4)55-36-34-51(68-55)49(50-33-35-54(60)67-50)30-27-46-37-39-64-40-38-46/h21-26,28-29,31-40,45,65,68H,5-20,41-44H2,1-4H3. The van der Waals surface area contributed by atoms with Crippen LogP contribution in [-0.4, -0.2) is 51.3 Å². The molecule has 0 spiro atoms. The van der Waals surface area contributed by atoms with Gasteiger partial charge in [0.2, 0.25) is 0 Å². The zero-order valence-electron chi connectivity index (χ0n) is 43.1. The van der Waals surface area contributed by atoms with Crippen molar-refractivity contribution in [2.45, 2.75) is 130 Å². The van der Waals surface area contributed by atoms with Gasteiger partial charge in [0.15, 0.2) is 0 Å². The molecule has 2 N–H and O–H groups in total. The van der Waals surface area contributed by atoms with Gasteiger partial charge in [-0.1, -0.05) is 129 Å². The topological polar surface area (TPSA) is 107 Å². The lowest BCUT2D eigenvalue weighted by atomic mass is 10.0. The van der Waals surface area contributed by atoms with Gasteiger partial charge in [-0.2, -0.15) is 0 Å². The summed E-state index contributed by atoms with van der Waals surface area (Å²) in [4.78, 5) is 22.7. The number of nitrogens with zero attached hydrogens (tertiary/aromatic N) is 3. The fourth-order valence-electron chi connectivity index (χ4n) is 9.21. The minimum atomic E-state index is 0.605. The summed E-state index contributed by atoms with van der Waals surface area (Å²) >= 11 is 0. The molecule has 0 aliphatic carbocycles. The molecule has 374 valence electrons. The Balaban J connectivity index is 1.38. The van der Waals surface area contributed by atoms with Crippen LogP contribution in [0.3, 0.4) is 0 Å². The third-order valence-corrected chi connectivity index (χ3v) is 13.1. The van der Waals surface area contributed by atoms with Crippen LogP contribution in [-0.2, 0) is 0 Å². The van der Waals surface area contributed by atoms with Crippen molar-refractivity contribution in [3.63, 3.8) is 0 Å². The molecule has 9 nitrogen and oxygen atoms in total. The van der Waals surface area contributed by atoms with E-state index in [0.717, 1.165) is 178 Å². The number of hydrogen-bond donors (Lipinski definition) is 2. The highest BCUT2D eigenvalue weighted by Crippen LogP contribution is 2.45. The van der Waals surface area contributed by atoms with E-state index < -0.39 is 0 Å². The lowest BCUT2D eigenvalue weighted by Crippen LogP contribution is -2.03. The van der Waals surface area contributed by atoms with E-state index in [1.807, 2.05) is 24.3 Å². The number of fused-ring (bicyclic) bond motifs is 8. The molecule has 2 aliphatic rings. The summed E-state index contributed by atoms with van der Waals surface area (Å²) in [5.74, 6) is 10.1. The van der Waals surface area contributed by atoms with Crippen LogP contribution in [0, 0.1) is 11.8 Å². The maximum atomic E-state index is 6.72. The summed E-state index contributed by atoms with van der Waals surface area (Å²) in [6.07, 6.45) is 29.6. The van der Waals surface area contributed by atoms with Crippen LogP contribution in [0.2, 0.25) is 0 Å². The molecular formula is C63H73N5O4. The molecule has 0 amide bonds. The van der Waals surface area contributed by atoms with Gasteiger partial charge >= 0.3 is 0 Å². The summed E-state index contributed by atoms with van der Waals surface area (Å²) in [7, 11) is 0. The summed E-state index contributed by atoms with van der Waals surface area (Å²) in [6.45, 7) is 11.3. The Morgan fingerprint density at radius 1 is 0.417 bits per heavy atom. The monoisotopic (exact) mass is 964 g/mol. The largest absolute Gasteiger partial charge is 0.493 e. The Morgan fingerprint density at radius 3 is 1.40 bits per heavy atom. The lowest BCUT2D eigenvalue weighted by molar-refractivity contribution is 0.292. The number of ether oxygens (including phenoxy) is 4. The van der Waals surface area contributed by atoms with Crippen LogP contribution in [0.1, 0.15) is 164 Å². The van der Waals surface area contributed by atoms with Gasteiger partial charge in [0.25, 0.3) is 0 Å². The number of pyridine rings is 1. The molecule has 0 fully saturated rings. The Hall–Kier alpha value is -7.05. The van der Waals surface area contributed by atoms with Crippen molar-refractivity contribution in [3.8, 4) is 57.1 Å². The van der Waals surface area contributed by atoms with Crippen molar-refractivity contribution in [3.05, 3.63) is 125 Å². The van der Waals surface area contributed by atoms with Gasteiger partial charge in [-0.05, 0) is 117 Å². The molecule has 0 radical (unpaired) electrons. The van der Waals surface area contributed by atoms with E-state index in [1.165, 1.54) is 25.7 Å². The van der Waals surface area contributed by atoms with Gasteiger partial charge in [0.05, 0.1) is 71.4 Å². The molecule has 0 unspecified atom stereocenters. The fraction of sp³-hybridized carbons (Fsp3) is 0.381. The van der Waals surface area contributed by atoms with Gasteiger partial charge < -0.3 is 28.9 Å². The molecule has 2 aromatic carbocycles. The van der Waals surface area contributed by atoms with Crippen molar-refractivity contribution in [1.82, 2.24) is 24.9 Å². The predicted octanol–water partition coefficient (Wildman–Crippen LogP) is 16.6. The second-order valence-corrected chi connectivity index (χ2v) is 18.7. The molecule has 0 atom stereocenters. The van der Waals surface area contributed by atoms with Crippen molar-refractivity contribution in [2.75, 3.05) is 26.4 Å². The first-order chi connectivity index (χ1) is 35.6. The third-order valence-electron chi connectivity index (χ3n) is 13.1. The maximum Gasteiger partial charge on any atom is 0.131 e. The number of aromatic nitrogens is 5. The van der Waals surface area contributed by atoms with Gasteiger partial charge in [0.1, 0.15) is 23.0 Å². The molecule has 6 heterocycles. The highest BCUT2D eigenvalue weighted by molar-refractivity contribution is 5.98. The van der Waals surface area contributed by atoms with E-state index in [1.54, 1.807) is 12.4 Å². The minimum Gasteiger partial charge on any atom is -0.493 e. The Bertz CT molecular complexity index is 2870. The van der Waals surface area contributed by atoms with Gasteiger partial charge in [-0.15, -0.1) is 0 Å². The molecule has 9 heteroatoms. The normalized spacial score (nSPS) is 11.7. The average Bonchev–Trinajstić information content (AvgIpc) is 4.26. The lowest BCUT2D eigenvalue weighted by Gasteiger charge is -2.18.